The van der Waals surface area contributed by atoms with Crippen LogP contribution in [-0.2, 0) is 16.0 Å². The summed E-state index contributed by atoms with van der Waals surface area (Å²) in [5, 5.41) is 0.700. The molecule has 0 atom stereocenters. The van der Waals surface area contributed by atoms with Crippen LogP contribution in [0.4, 0.5) is 19.0 Å². The lowest BCUT2D eigenvalue weighted by atomic mass is 9.70. The first kappa shape index (κ1) is 20.9. The molecule has 5 rings (SSSR count). The first-order valence-corrected chi connectivity index (χ1v) is 11.4. The fourth-order valence-electron chi connectivity index (χ4n) is 5.08. The van der Waals surface area contributed by atoms with Gasteiger partial charge in [0.1, 0.15) is 17.0 Å². The molecule has 2 saturated heterocycles. The first-order chi connectivity index (χ1) is 14.8. The van der Waals surface area contributed by atoms with Crippen molar-refractivity contribution in [1.82, 2.24) is 14.9 Å². The number of carbonyl (C=O) groups excluding carboxylic acids is 1. The summed E-state index contributed by atoms with van der Waals surface area (Å²) >= 11 is 1.08. The number of ether oxygens (including phenoxy) is 1. The SMILES string of the molecule is COC1CC(C(=O)N2CC3(CCN(c4ncnc5sc(CC(F)(F)F)cc45)CC3)C2)C1. The summed E-state index contributed by atoms with van der Waals surface area (Å²) in [6.45, 7) is 3.18. The molecular weight excluding hydrogens is 429 g/mol. The number of thiophene rings is 1. The summed E-state index contributed by atoms with van der Waals surface area (Å²) in [6.07, 6.45) is 0.0496. The molecule has 0 aromatic carbocycles. The van der Waals surface area contributed by atoms with Gasteiger partial charge in [-0.25, -0.2) is 9.97 Å². The Labute approximate surface area is 182 Å². The van der Waals surface area contributed by atoms with Gasteiger partial charge in [0.05, 0.1) is 17.9 Å². The maximum atomic E-state index is 12.8. The number of fused-ring (bicyclic) bond motifs is 1. The zero-order valence-corrected chi connectivity index (χ0v) is 18.1. The molecule has 4 heterocycles. The fourth-order valence-corrected chi connectivity index (χ4v) is 6.10. The minimum atomic E-state index is -4.23. The average molecular weight is 455 g/mol. The zero-order valence-electron chi connectivity index (χ0n) is 17.3. The third-order valence-corrected chi connectivity index (χ3v) is 8.04. The van der Waals surface area contributed by atoms with Crippen molar-refractivity contribution < 1.29 is 22.7 Å². The number of carbonyl (C=O) groups is 1. The van der Waals surface area contributed by atoms with E-state index in [0.717, 1.165) is 69.0 Å². The number of alkyl halides is 3. The summed E-state index contributed by atoms with van der Waals surface area (Å²) in [5.74, 6) is 1.09. The molecule has 2 aromatic heterocycles. The van der Waals surface area contributed by atoms with E-state index in [9.17, 15) is 18.0 Å². The molecule has 0 bridgehead atoms. The van der Waals surface area contributed by atoms with Crippen molar-refractivity contribution in [1.29, 1.82) is 0 Å². The van der Waals surface area contributed by atoms with Gasteiger partial charge in [-0.1, -0.05) is 0 Å². The predicted octanol–water partition coefficient (Wildman–Crippen LogP) is 3.65. The second-order valence-electron chi connectivity index (χ2n) is 9.13. The molecule has 10 heteroatoms. The van der Waals surface area contributed by atoms with Gasteiger partial charge < -0.3 is 14.5 Å². The van der Waals surface area contributed by atoms with Gasteiger partial charge in [0, 0.05) is 49.5 Å². The summed E-state index contributed by atoms with van der Waals surface area (Å²) < 4.78 is 43.6. The molecule has 6 nitrogen and oxygen atoms in total. The van der Waals surface area contributed by atoms with E-state index in [2.05, 4.69) is 14.9 Å². The molecule has 2 aromatic rings. The lowest BCUT2D eigenvalue weighted by Crippen LogP contribution is -2.63. The monoisotopic (exact) mass is 454 g/mol. The molecule has 31 heavy (non-hydrogen) atoms. The van der Waals surface area contributed by atoms with Crippen molar-refractivity contribution >= 4 is 33.3 Å². The van der Waals surface area contributed by atoms with Crippen LogP contribution in [0, 0.1) is 11.3 Å². The molecule has 1 aliphatic carbocycles. The van der Waals surface area contributed by atoms with Crippen molar-refractivity contribution in [3.63, 3.8) is 0 Å². The number of anilines is 1. The van der Waals surface area contributed by atoms with Crippen LogP contribution in [-0.4, -0.2) is 66.3 Å². The van der Waals surface area contributed by atoms with E-state index < -0.39 is 12.6 Å². The molecule has 1 spiro atoms. The third-order valence-electron chi connectivity index (χ3n) is 7.00. The Balaban J connectivity index is 1.21. The van der Waals surface area contributed by atoms with E-state index in [1.54, 1.807) is 13.2 Å². The van der Waals surface area contributed by atoms with Gasteiger partial charge in [-0.2, -0.15) is 13.2 Å². The topological polar surface area (TPSA) is 58.6 Å². The van der Waals surface area contributed by atoms with Crippen LogP contribution in [0.15, 0.2) is 12.4 Å². The van der Waals surface area contributed by atoms with Crippen LogP contribution >= 0.6 is 11.3 Å². The van der Waals surface area contributed by atoms with Gasteiger partial charge in [0.25, 0.3) is 0 Å². The highest BCUT2D eigenvalue weighted by Gasteiger charge is 2.49. The summed E-state index contributed by atoms with van der Waals surface area (Å²) in [6, 6.07) is 1.59. The number of likely N-dealkylation sites (tertiary alicyclic amines) is 1. The summed E-state index contributed by atoms with van der Waals surface area (Å²) in [5.41, 5.74) is 0.165. The molecule has 1 saturated carbocycles. The van der Waals surface area contributed by atoms with Crippen molar-refractivity contribution in [2.75, 3.05) is 38.2 Å². The van der Waals surface area contributed by atoms with Crippen LogP contribution in [0.2, 0.25) is 0 Å². The maximum Gasteiger partial charge on any atom is 0.393 e. The minimum absolute atomic E-state index is 0.112. The Kier molecular flexibility index (Phi) is 5.12. The van der Waals surface area contributed by atoms with Gasteiger partial charge in [0.15, 0.2) is 0 Å². The number of piperidine rings is 1. The Morgan fingerprint density at radius 3 is 2.61 bits per heavy atom. The smallest absolute Gasteiger partial charge is 0.381 e. The Morgan fingerprint density at radius 1 is 1.26 bits per heavy atom. The lowest BCUT2D eigenvalue weighted by molar-refractivity contribution is -0.157. The fraction of sp³-hybridized carbons (Fsp3) is 0.667. The number of amides is 1. The third kappa shape index (κ3) is 4.00. The van der Waals surface area contributed by atoms with Crippen LogP contribution in [0.25, 0.3) is 10.2 Å². The number of rotatable bonds is 4. The number of nitrogens with zero attached hydrogens (tertiary/aromatic N) is 4. The second kappa shape index (κ2) is 7.58. The molecule has 2 aliphatic heterocycles. The largest absolute Gasteiger partial charge is 0.393 e. The van der Waals surface area contributed by atoms with E-state index in [1.165, 1.54) is 6.33 Å². The van der Waals surface area contributed by atoms with Crippen molar-refractivity contribution in [3.05, 3.63) is 17.3 Å². The van der Waals surface area contributed by atoms with E-state index in [4.69, 9.17) is 4.74 Å². The number of methoxy groups -OCH3 is 1. The van der Waals surface area contributed by atoms with Crippen LogP contribution in [0.3, 0.4) is 0 Å². The highest BCUT2D eigenvalue weighted by atomic mass is 32.1. The van der Waals surface area contributed by atoms with E-state index in [-0.39, 0.29) is 28.2 Å². The highest BCUT2D eigenvalue weighted by molar-refractivity contribution is 7.18. The van der Waals surface area contributed by atoms with Gasteiger partial charge in [0.2, 0.25) is 5.91 Å². The quantitative estimate of drug-likeness (QED) is 0.706. The number of hydrogen-bond acceptors (Lipinski definition) is 6. The molecule has 0 radical (unpaired) electrons. The maximum absolute atomic E-state index is 12.8. The Hall–Kier alpha value is -1.94. The van der Waals surface area contributed by atoms with E-state index in [0.29, 0.717) is 10.2 Å². The number of halogens is 3. The lowest BCUT2D eigenvalue weighted by Gasteiger charge is -2.55. The van der Waals surface area contributed by atoms with Gasteiger partial charge in [-0.3, -0.25) is 4.79 Å². The van der Waals surface area contributed by atoms with Crippen molar-refractivity contribution in [2.24, 2.45) is 11.3 Å². The molecule has 0 N–H and O–H groups in total. The summed E-state index contributed by atoms with van der Waals surface area (Å²) in [7, 11) is 1.69. The van der Waals surface area contributed by atoms with Crippen LogP contribution in [0.1, 0.15) is 30.6 Å². The molecular formula is C21H25F3N4O2S. The summed E-state index contributed by atoms with van der Waals surface area (Å²) in [4.78, 5) is 26.2. The zero-order chi connectivity index (χ0) is 21.8. The number of aromatic nitrogens is 2. The first-order valence-electron chi connectivity index (χ1n) is 10.6. The van der Waals surface area contributed by atoms with Crippen molar-refractivity contribution in [2.45, 2.75) is 44.4 Å². The second-order valence-corrected chi connectivity index (χ2v) is 10.2. The molecule has 168 valence electrons. The van der Waals surface area contributed by atoms with E-state index >= 15 is 0 Å². The minimum Gasteiger partial charge on any atom is -0.381 e. The Morgan fingerprint density at radius 2 is 1.97 bits per heavy atom. The van der Waals surface area contributed by atoms with Gasteiger partial charge >= 0.3 is 6.18 Å². The van der Waals surface area contributed by atoms with E-state index in [1.807, 2.05) is 4.90 Å². The number of hydrogen-bond donors (Lipinski definition) is 0. The highest BCUT2D eigenvalue weighted by Crippen LogP contribution is 2.44. The van der Waals surface area contributed by atoms with Crippen molar-refractivity contribution in [3.8, 4) is 0 Å². The molecule has 0 unspecified atom stereocenters. The molecule has 1 amide bonds. The average Bonchev–Trinajstić information content (AvgIpc) is 3.05. The van der Waals surface area contributed by atoms with Crippen LogP contribution < -0.4 is 4.90 Å². The molecule has 3 fully saturated rings. The van der Waals surface area contributed by atoms with Crippen LogP contribution in [0.5, 0.6) is 0 Å². The standard InChI is InChI=1S/C21H25F3N4O2S/c1-30-14-6-13(7-14)19(29)28-10-20(11-28)2-4-27(5-3-20)17-16-8-15(9-21(22,23)24)31-18(16)26-12-25-17/h8,12-14H,2-7,9-11H2,1H3. The normalized spacial score (nSPS) is 25.5. The molecule has 3 aliphatic rings. The predicted molar refractivity (Wildman–Crippen MR) is 111 cm³/mol. The van der Waals surface area contributed by atoms with Gasteiger partial charge in [-0.15, -0.1) is 11.3 Å². The Bertz CT molecular complexity index is 973. The van der Waals surface area contributed by atoms with Gasteiger partial charge in [-0.05, 0) is 31.7 Å².